The zero-order valence-electron chi connectivity index (χ0n) is 13.4. The van der Waals surface area contributed by atoms with Gasteiger partial charge in [-0.05, 0) is 67.5 Å². The fourth-order valence-electron chi connectivity index (χ4n) is 2.98. The molecule has 0 aliphatic carbocycles. The summed E-state index contributed by atoms with van der Waals surface area (Å²) < 4.78 is 15.9. The van der Waals surface area contributed by atoms with E-state index in [1.165, 1.54) is 0 Å². The van der Waals surface area contributed by atoms with Crippen LogP contribution >= 0.6 is 0 Å². The van der Waals surface area contributed by atoms with Crippen molar-refractivity contribution in [3.05, 3.63) is 52.4 Å². The molecule has 1 fully saturated rings. The molecule has 0 bridgehead atoms. The molecule has 3 rings (SSSR count). The van der Waals surface area contributed by atoms with Gasteiger partial charge in [0.05, 0.1) is 7.11 Å². The molecule has 0 radical (unpaired) electrons. The Morgan fingerprint density at radius 1 is 1.13 bits per heavy atom. The first-order valence-electron chi connectivity index (χ1n) is 8.11. The Morgan fingerprint density at radius 3 is 2.57 bits per heavy atom. The van der Waals surface area contributed by atoms with Gasteiger partial charge in [-0.25, -0.2) is 4.79 Å². The van der Waals surface area contributed by atoms with Crippen LogP contribution in [0, 0.1) is 5.92 Å². The molecule has 0 N–H and O–H groups in total. The summed E-state index contributed by atoms with van der Waals surface area (Å²) in [4.78, 5) is 11.8. The molecule has 4 heteroatoms. The number of ether oxygens (including phenoxy) is 2. The third kappa shape index (κ3) is 4.23. The molecule has 0 amide bonds. The molecule has 2 heterocycles. The van der Waals surface area contributed by atoms with E-state index in [0.717, 1.165) is 55.8 Å². The molecule has 1 aliphatic heterocycles. The minimum absolute atomic E-state index is 0.291. The van der Waals surface area contributed by atoms with Crippen molar-refractivity contribution in [3.8, 4) is 17.1 Å². The lowest BCUT2D eigenvalue weighted by atomic mass is 9.93. The minimum Gasteiger partial charge on any atom is -0.497 e. The maximum atomic E-state index is 11.8. The third-order valence-corrected chi connectivity index (χ3v) is 4.39. The normalized spacial score (nSPS) is 15.5. The van der Waals surface area contributed by atoms with Crippen LogP contribution in [-0.2, 0) is 11.2 Å². The Hall–Kier alpha value is -2.07. The highest BCUT2D eigenvalue weighted by Crippen LogP contribution is 2.24. The number of benzene rings is 1. The van der Waals surface area contributed by atoms with Gasteiger partial charge in [-0.15, -0.1) is 0 Å². The predicted molar refractivity (Wildman–Crippen MR) is 88.8 cm³/mol. The molecule has 1 aromatic heterocycles. The van der Waals surface area contributed by atoms with E-state index in [1.54, 1.807) is 13.2 Å². The lowest BCUT2D eigenvalue weighted by Gasteiger charge is -2.21. The maximum absolute atomic E-state index is 11.8. The molecule has 4 nitrogen and oxygen atoms in total. The molecular formula is C19H22O4. The van der Waals surface area contributed by atoms with Gasteiger partial charge >= 0.3 is 5.63 Å². The Kier molecular flexibility index (Phi) is 5.13. The second-order valence-electron chi connectivity index (χ2n) is 5.97. The van der Waals surface area contributed by atoms with Crippen molar-refractivity contribution in [2.75, 3.05) is 20.3 Å². The van der Waals surface area contributed by atoms with E-state index in [9.17, 15) is 4.79 Å². The molecule has 2 aromatic rings. The molecule has 1 aromatic carbocycles. The van der Waals surface area contributed by atoms with Crippen LogP contribution in [0.5, 0.6) is 5.75 Å². The van der Waals surface area contributed by atoms with Crippen molar-refractivity contribution >= 4 is 0 Å². The Morgan fingerprint density at radius 2 is 1.87 bits per heavy atom. The lowest BCUT2D eigenvalue weighted by Crippen LogP contribution is -2.16. The fraction of sp³-hybridized carbons (Fsp3) is 0.421. The van der Waals surface area contributed by atoms with Crippen LogP contribution in [0.2, 0.25) is 0 Å². The molecule has 1 aliphatic rings. The third-order valence-electron chi connectivity index (χ3n) is 4.39. The van der Waals surface area contributed by atoms with Crippen LogP contribution in [-0.4, -0.2) is 20.3 Å². The van der Waals surface area contributed by atoms with E-state index in [1.807, 2.05) is 30.3 Å². The highest BCUT2D eigenvalue weighted by Gasteiger charge is 2.14. The van der Waals surface area contributed by atoms with Crippen LogP contribution in [0.4, 0.5) is 0 Å². The van der Waals surface area contributed by atoms with Crippen molar-refractivity contribution in [2.24, 2.45) is 5.92 Å². The second kappa shape index (κ2) is 7.47. The smallest absolute Gasteiger partial charge is 0.336 e. The quantitative estimate of drug-likeness (QED) is 0.845. The number of rotatable bonds is 5. The summed E-state index contributed by atoms with van der Waals surface area (Å²) in [5, 5.41) is 0. The first kappa shape index (κ1) is 15.8. The molecule has 0 atom stereocenters. The first-order valence-corrected chi connectivity index (χ1v) is 8.11. The Balaban J connectivity index is 1.73. The highest BCUT2D eigenvalue weighted by atomic mass is 16.5. The van der Waals surface area contributed by atoms with Crippen LogP contribution in [0.15, 0.2) is 45.6 Å². The van der Waals surface area contributed by atoms with Crippen LogP contribution in [0.25, 0.3) is 11.3 Å². The molecule has 122 valence electrons. The van der Waals surface area contributed by atoms with Gasteiger partial charge in [0.1, 0.15) is 11.5 Å². The first-order chi connectivity index (χ1) is 11.2. The van der Waals surface area contributed by atoms with E-state index in [2.05, 4.69) is 0 Å². The van der Waals surface area contributed by atoms with Gasteiger partial charge in [0.2, 0.25) is 0 Å². The summed E-state index contributed by atoms with van der Waals surface area (Å²) in [6, 6.07) is 11.1. The topological polar surface area (TPSA) is 48.7 Å². The molecular weight excluding hydrogens is 292 g/mol. The lowest BCUT2D eigenvalue weighted by molar-refractivity contribution is 0.0640. The van der Waals surface area contributed by atoms with Crippen molar-refractivity contribution < 1.29 is 13.9 Å². The number of aryl methyl sites for hydroxylation is 1. The van der Waals surface area contributed by atoms with Crippen molar-refractivity contribution in [1.29, 1.82) is 0 Å². The minimum atomic E-state index is -0.291. The largest absolute Gasteiger partial charge is 0.497 e. The van der Waals surface area contributed by atoms with Crippen LogP contribution in [0.3, 0.4) is 0 Å². The Bertz CT molecular complexity index is 681. The average Bonchev–Trinajstić information content (AvgIpc) is 2.60. The van der Waals surface area contributed by atoms with E-state index in [4.69, 9.17) is 13.9 Å². The SMILES string of the molecule is COc1ccc(-c2cc(CCC3CCOCC3)cc(=O)o2)cc1. The van der Waals surface area contributed by atoms with Gasteiger partial charge in [0.15, 0.2) is 0 Å². The zero-order chi connectivity index (χ0) is 16.1. The van der Waals surface area contributed by atoms with Gasteiger partial charge < -0.3 is 13.9 Å². The molecule has 23 heavy (non-hydrogen) atoms. The van der Waals surface area contributed by atoms with Crippen molar-refractivity contribution in [3.63, 3.8) is 0 Å². The molecule has 0 spiro atoms. The summed E-state index contributed by atoms with van der Waals surface area (Å²) in [5.74, 6) is 2.09. The van der Waals surface area contributed by atoms with Gasteiger partial charge in [0.25, 0.3) is 0 Å². The molecule has 1 saturated heterocycles. The number of hydrogen-bond acceptors (Lipinski definition) is 4. The van der Waals surface area contributed by atoms with Gasteiger partial charge in [-0.2, -0.15) is 0 Å². The molecule has 0 saturated carbocycles. The van der Waals surface area contributed by atoms with E-state index >= 15 is 0 Å². The maximum Gasteiger partial charge on any atom is 0.336 e. The summed E-state index contributed by atoms with van der Waals surface area (Å²) in [6.07, 6.45) is 4.23. The average molecular weight is 314 g/mol. The van der Waals surface area contributed by atoms with E-state index < -0.39 is 0 Å². The summed E-state index contributed by atoms with van der Waals surface area (Å²) in [5.41, 5.74) is 1.63. The van der Waals surface area contributed by atoms with Crippen molar-refractivity contribution in [2.45, 2.75) is 25.7 Å². The second-order valence-corrected chi connectivity index (χ2v) is 5.97. The van der Waals surface area contributed by atoms with Crippen molar-refractivity contribution in [1.82, 2.24) is 0 Å². The van der Waals surface area contributed by atoms with E-state index in [-0.39, 0.29) is 5.63 Å². The Labute approximate surface area is 136 Å². The van der Waals surface area contributed by atoms with Gasteiger partial charge in [-0.3, -0.25) is 0 Å². The van der Waals surface area contributed by atoms with Crippen LogP contribution in [0.1, 0.15) is 24.8 Å². The summed E-state index contributed by atoms with van der Waals surface area (Å²) in [7, 11) is 1.63. The van der Waals surface area contributed by atoms with Gasteiger partial charge in [0, 0.05) is 24.8 Å². The number of methoxy groups -OCH3 is 1. The van der Waals surface area contributed by atoms with Gasteiger partial charge in [-0.1, -0.05) is 0 Å². The summed E-state index contributed by atoms with van der Waals surface area (Å²) >= 11 is 0. The van der Waals surface area contributed by atoms with Crippen LogP contribution < -0.4 is 10.4 Å². The highest BCUT2D eigenvalue weighted by molar-refractivity contribution is 5.58. The standard InChI is InChI=1S/C19H22O4/c1-21-17-6-4-16(5-7-17)18-12-15(13-19(20)23-18)3-2-14-8-10-22-11-9-14/h4-7,12-14H,2-3,8-11H2,1H3. The predicted octanol–water partition coefficient (Wildman–Crippen LogP) is 3.67. The monoisotopic (exact) mass is 314 g/mol. The summed E-state index contributed by atoms with van der Waals surface area (Å²) in [6.45, 7) is 1.72. The van der Waals surface area contributed by atoms with E-state index in [0.29, 0.717) is 11.7 Å². The fourth-order valence-corrected chi connectivity index (χ4v) is 2.98. The number of hydrogen-bond donors (Lipinski definition) is 0. The zero-order valence-corrected chi connectivity index (χ0v) is 13.4. The molecule has 0 unspecified atom stereocenters.